The van der Waals surface area contributed by atoms with Gasteiger partial charge in [-0.2, -0.15) is 13.2 Å². The monoisotopic (exact) mass is 485 g/mol. The number of carbonyl (C=O) groups is 2. The third-order valence-electron chi connectivity index (χ3n) is 5.67. The molecule has 2 aromatic heterocycles. The Hall–Kier alpha value is -4.02. The minimum absolute atomic E-state index is 0.0784. The van der Waals surface area contributed by atoms with Crippen molar-refractivity contribution < 1.29 is 27.5 Å². The first kappa shape index (κ1) is 24.1. The number of hydrogen-bond acceptors (Lipinski definition) is 6. The van der Waals surface area contributed by atoms with Gasteiger partial charge in [-0.15, -0.1) is 0 Å². The number of nitrogens with one attached hydrogen (secondary N) is 1. The first-order chi connectivity index (χ1) is 16.6. The van der Waals surface area contributed by atoms with Crippen LogP contribution in [0.1, 0.15) is 50.1 Å². The molecule has 1 atom stereocenters. The number of nitrogens with two attached hydrogens (primary N) is 1. The normalized spacial score (nSPS) is 15.1. The van der Waals surface area contributed by atoms with E-state index >= 15 is 0 Å². The van der Waals surface area contributed by atoms with Crippen LogP contribution >= 0.6 is 0 Å². The molecule has 3 N–H and O–H groups in total. The SMILES string of the molecule is Cc1ncc(-c2cccc3c2C[C@@H](c2cc(C(N)=O)cnc2C(=O)NCCC(F)(F)F)CO3)cn1. The second-order valence-corrected chi connectivity index (χ2v) is 8.16. The molecule has 182 valence electrons. The molecule has 35 heavy (non-hydrogen) atoms. The Morgan fingerprint density at radius 2 is 1.91 bits per heavy atom. The van der Waals surface area contributed by atoms with Crippen LogP contribution in [-0.2, 0) is 6.42 Å². The lowest BCUT2D eigenvalue weighted by Gasteiger charge is -2.28. The molecule has 0 fully saturated rings. The van der Waals surface area contributed by atoms with Gasteiger partial charge in [0.05, 0.1) is 18.6 Å². The molecule has 1 aliphatic rings. The smallest absolute Gasteiger partial charge is 0.390 e. The topological polar surface area (TPSA) is 120 Å². The highest BCUT2D eigenvalue weighted by Gasteiger charge is 2.30. The number of ether oxygens (including phenoxy) is 1. The van der Waals surface area contributed by atoms with E-state index < -0.39 is 36.9 Å². The van der Waals surface area contributed by atoms with Crippen molar-refractivity contribution in [3.63, 3.8) is 0 Å². The third kappa shape index (κ3) is 5.56. The summed E-state index contributed by atoms with van der Waals surface area (Å²) in [4.78, 5) is 37.1. The van der Waals surface area contributed by atoms with Gasteiger partial charge in [0.15, 0.2) is 0 Å². The summed E-state index contributed by atoms with van der Waals surface area (Å²) in [6.07, 6.45) is -0.609. The standard InChI is InChI=1S/C24H22F3N5O3/c1-13-30-10-16(11-31-13)17-3-2-4-20-19(17)8-15(12-35-20)18-7-14(22(28)33)9-32-21(18)23(34)29-6-5-24(25,26)27/h2-4,7,9-11,15H,5-6,8,12H2,1H3,(H2,28,33)(H,29,34)/t15-/m1/s1. The van der Waals surface area contributed by atoms with Crippen molar-refractivity contribution in [3.8, 4) is 16.9 Å². The van der Waals surface area contributed by atoms with Crippen molar-refractivity contribution in [2.24, 2.45) is 5.73 Å². The van der Waals surface area contributed by atoms with Crippen LogP contribution in [0.5, 0.6) is 5.75 Å². The quantitative estimate of drug-likeness (QED) is 0.553. The van der Waals surface area contributed by atoms with Crippen LogP contribution in [0.2, 0.25) is 0 Å². The first-order valence-corrected chi connectivity index (χ1v) is 10.8. The second kappa shape index (κ2) is 9.69. The summed E-state index contributed by atoms with van der Waals surface area (Å²) in [6, 6.07) is 7.03. The zero-order valence-corrected chi connectivity index (χ0v) is 18.7. The maximum atomic E-state index is 12.7. The Morgan fingerprint density at radius 1 is 1.17 bits per heavy atom. The predicted octanol–water partition coefficient (Wildman–Crippen LogP) is 3.35. The van der Waals surface area contributed by atoms with Crippen LogP contribution in [0.15, 0.2) is 42.9 Å². The molecule has 8 nitrogen and oxygen atoms in total. The van der Waals surface area contributed by atoms with Gasteiger partial charge in [-0.05, 0) is 36.6 Å². The number of amides is 2. The molecule has 3 aromatic rings. The number of fused-ring (bicyclic) bond motifs is 1. The number of pyridine rings is 1. The largest absolute Gasteiger partial charge is 0.493 e. The Bertz CT molecular complexity index is 1260. The summed E-state index contributed by atoms with van der Waals surface area (Å²) in [7, 11) is 0. The molecule has 4 rings (SSSR count). The highest BCUT2D eigenvalue weighted by Crippen LogP contribution is 2.39. The van der Waals surface area contributed by atoms with Crippen LogP contribution in [0, 0.1) is 6.92 Å². The van der Waals surface area contributed by atoms with E-state index in [1.54, 1.807) is 19.3 Å². The number of rotatable bonds is 6. The van der Waals surface area contributed by atoms with Crippen LogP contribution in [0.3, 0.4) is 0 Å². The molecular formula is C24H22F3N5O3. The van der Waals surface area contributed by atoms with E-state index in [9.17, 15) is 22.8 Å². The molecule has 11 heteroatoms. The zero-order valence-electron chi connectivity index (χ0n) is 18.7. The van der Waals surface area contributed by atoms with E-state index in [0.29, 0.717) is 23.6 Å². The van der Waals surface area contributed by atoms with Crippen molar-refractivity contribution in [1.82, 2.24) is 20.3 Å². The minimum atomic E-state index is -4.41. The fourth-order valence-electron chi connectivity index (χ4n) is 3.93. The lowest BCUT2D eigenvalue weighted by Crippen LogP contribution is -2.31. The van der Waals surface area contributed by atoms with Crippen molar-refractivity contribution in [1.29, 1.82) is 0 Å². The maximum Gasteiger partial charge on any atom is 0.390 e. The molecule has 1 aliphatic heterocycles. The molecule has 0 unspecified atom stereocenters. The first-order valence-electron chi connectivity index (χ1n) is 10.8. The zero-order chi connectivity index (χ0) is 25.2. The second-order valence-electron chi connectivity index (χ2n) is 8.16. The number of halogens is 3. The molecule has 0 saturated heterocycles. The van der Waals surface area contributed by atoms with Crippen molar-refractivity contribution >= 4 is 11.8 Å². The average molecular weight is 485 g/mol. The van der Waals surface area contributed by atoms with Gasteiger partial charge in [0, 0.05) is 42.2 Å². The Balaban J connectivity index is 1.68. The molecule has 0 bridgehead atoms. The number of primary amides is 1. The van der Waals surface area contributed by atoms with E-state index in [-0.39, 0.29) is 17.9 Å². The summed E-state index contributed by atoms with van der Waals surface area (Å²) >= 11 is 0. The molecule has 3 heterocycles. The molecule has 0 radical (unpaired) electrons. The van der Waals surface area contributed by atoms with E-state index in [1.165, 1.54) is 6.07 Å². The van der Waals surface area contributed by atoms with Gasteiger partial charge in [-0.1, -0.05) is 12.1 Å². The van der Waals surface area contributed by atoms with Gasteiger partial charge in [0.2, 0.25) is 5.91 Å². The van der Waals surface area contributed by atoms with Gasteiger partial charge in [0.1, 0.15) is 17.3 Å². The van der Waals surface area contributed by atoms with Crippen molar-refractivity contribution in [2.45, 2.75) is 31.9 Å². The molecule has 0 spiro atoms. The van der Waals surface area contributed by atoms with E-state index in [1.807, 2.05) is 18.2 Å². The fourth-order valence-corrected chi connectivity index (χ4v) is 3.93. The predicted molar refractivity (Wildman–Crippen MR) is 120 cm³/mol. The number of benzene rings is 1. The van der Waals surface area contributed by atoms with E-state index in [2.05, 4.69) is 20.3 Å². The highest BCUT2D eigenvalue weighted by atomic mass is 19.4. The maximum absolute atomic E-state index is 12.7. The van der Waals surface area contributed by atoms with Gasteiger partial charge in [-0.3, -0.25) is 9.59 Å². The van der Waals surface area contributed by atoms with Crippen molar-refractivity contribution in [2.75, 3.05) is 13.2 Å². The minimum Gasteiger partial charge on any atom is -0.493 e. The molecule has 2 amide bonds. The lowest BCUT2D eigenvalue weighted by atomic mass is 9.85. The Morgan fingerprint density at radius 3 is 2.60 bits per heavy atom. The van der Waals surface area contributed by atoms with Crippen LogP contribution in [0.4, 0.5) is 13.2 Å². The average Bonchev–Trinajstić information content (AvgIpc) is 2.82. The van der Waals surface area contributed by atoms with Gasteiger partial charge < -0.3 is 15.8 Å². The summed E-state index contributed by atoms with van der Waals surface area (Å²) in [6.45, 7) is 1.36. The van der Waals surface area contributed by atoms with E-state index in [0.717, 1.165) is 22.9 Å². The summed E-state index contributed by atoms with van der Waals surface area (Å²) in [5.41, 5.74) is 8.26. The summed E-state index contributed by atoms with van der Waals surface area (Å²) < 4.78 is 43.5. The fraction of sp³-hybridized carbons (Fsp3) is 0.292. The van der Waals surface area contributed by atoms with Crippen LogP contribution in [-0.4, -0.2) is 46.1 Å². The third-order valence-corrected chi connectivity index (χ3v) is 5.67. The summed E-state index contributed by atoms with van der Waals surface area (Å²) in [5, 5.41) is 2.25. The number of aryl methyl sites for hydroxylation is 1. The molecule has 0 saturated carbocycles. The van der Waals surface area contributed by atoms with Crippen LogP contribution in [0.25, 0.3) is 11.1 Å². The number of nitrogens with zero attached hydrogens (tertiary/aromatic N) is 3. The lowest BCUT2D eigenvalue weighted by molar-refractivity contribution is -0.133. The van der Waals surface area contributed by atoms with Crippen molar-refractivity contribution in [3.05, 3.63) is 71.1 Å². The van der Waals surface area contributed by atoms with Crippen LogP contribution < -0.4 is 15.8 Å². The van der Waals surface area contributed by atoms with Gasteiger partial charge in [0.25, 0.3) is 5.91 Å². The molecule has 1 aromatic carbocycles. The van der Waals surface area contributed by atoms with E-state index in [4.69, 9.17) is 10.5 Å². The Labute approximate surface area is 198 Å². The van der Waals surface area contributed by atoms with Gasteiger partial charge in [-0.25, -0.2) is 15.0 Å². The number of carbonyl (C=O) groups excluding carboxylic acids is 2. The number of aromatic nitrogens is 3. The molecular weight excluding hydrogens is 463 g/mol. The Kier molecular flexibility index (Phi) is 6.68. The number of hydrogen-bond donors (Lipinski definition) is 2. The number of alkyl halides is 3. The van der Waals surface area contributed by atoms with Gasteiger partial charge >= 0.3 is 6.18 Å². The summed E-state index contributed by atoms with van der Waals surface area (Å²) in [5.74, 6) is -0.633. The molecule has 0 aliphatic carbocycles. The highest BCUT2D eigenvalue weighted by molar-refractivity contribution is 5.97.